The fourth-order valence-corrected chi connectivity index (χ4v) is 2.85. The normalized spacial score (nSPS) is 22.0. The van der Waals surface area contributed by atoms with Crippen molar-refractivity contribution in [2.24, 2.45) is 0 Å². The van der Waals surface area contributed by atoms with Crippen LogP contribution in [0.15, 0.2) is 22.8 Å². The van der Waals surface area contributed by atoms with Crippen LogP contribution in [0, 0.1) is 0 Å². The molecule has 0 aliphatic carbocycles. The van der Waals surface area contributed by atoms with E-state index in [4.69, 9.17) is 0 Å². The number of halogens is 1. The Bertz CT molecular complexity index is 522. The molecular weight excluding hydrogens is 268 g/mol. The molecule has 5 heteroatoms. The average Bonchev–Trinajstić information content (AvgIpc) is 2.84. The zero-order valence-electron chi connectivity index (χ0n) is 9.10. The number of pyridine rings is 1. The predicted octanol–water partition coefficient (Wildman–Crippen LogP) is 1.91. The molecule has 3 heterocycles. The summed E-state index contributed by atoms with van der Waals surface area (Å²) in [6, 6.07) is 6.00. The molecule has 0 saturated carbocycles. The molecule has 1 unspecified atom stereocenters. The highest BCUT2D eigenvalue weighted by Gasteiger charge is 2.25. The molecule has 1 saturated heterocycles. The van der Waals surface area contributed by atoms with Crippen LogP contribution in [0.5, 0.6) is 0 Å². The maximum Gasteiger partial charge on any atom is 0.161 e. The summed E-state index contributed by atoms with van der Waals surface area (Å²) >= 11 is 3.56. The monoisotopic (exact) mass is 280 g/mol. The molecule has 2 aromatic rings. The number of hydrogen-bond acceptors (Lipinski definition) is 3. The summed E-state index contributed by atoms with van der Waals surface area (Å²) in [6.07, 6.45) is 1.17. The van der Waals surface area contributed by atoms with Crippen molar-refractivity contribution in [3.05, 3.63) is 28.6 Å². The highest BCUT2D eigenvalue weighted by atomic mass is 79.9. The Morgan fingerprint density at radius 3 is 3.00 bits per heavy atom. The first-order chi connectivity index (χ1) is 7.75. The minimum Gasteiger partial charge on any atom is -0.306 e. The second-order valence-corrected chi connectivity index (χ2v) is 5.16. The van der Waals surface area contributed by atoms with Crippen LogP contribution in [-0.4, -0.2) is 39.6 Å². The third-order valence-electron chi connectivity index (χ3n) is 3.16. The van der Waals surface area contributed by atoms with Crippen LogP contribution in [0.4, 0.5) is 0 Å². The minimum atomic E-state index is 0.499. The van der Waals surface area contributed by atoms with E-state index in [1.54, 1.807) is 0 Å². The summed E-state index contributed by atoms with van der Waals surface area (Å²) in [5.74, 6) is 1.57. The van der Waals surface area contributed by atoms with Crippen LogP contribution in [0.3, 0.4) is 0 Å². The summed E-state index contributed by atoms with van der Waals surface area (Å²) in [4.78, 5) is 2.34. The van der Waals surface area contributed by atoms with Crippen LogP contribution in [0.2, 0.25) is 0 Å². The average molecular weight is 281 g/mol. The largest absolute Gasteiger partial charge is 0.306 e. The SMILES string of the molecule is CN1CCC(c2nnc3cccc(Br)n23)C1. The van der Waals surface area contributed by atoms with Crippen LogP contribution < -0.4 is 0 Å². The van der Waals surface area contributed by atoms with E-state index < -0.39 is 0 Å². The van der Waals surface area contributed by atoms with Gasteiger partial charge in [0.05, 0.1) is 4.60 Å². The Labute approximate surface area is 102 Å². The van der Waals surface area contributed by atoms with Gasteiger partial charge < -0.3 is 4.90 Å². The van der Waals surface area contributed by atoms with Crippen molar-refractivity contribution in [1.29, 1.82) is 0 Å². The van der Waals surface area contributed by atoms with Gasteiger partial charge in [0, 0.05) is 12.5 Å². The molecule has 1 fully saturated rings. The van der Waals surface area contributed by atoms with Gasteiger partial charge in [0.25, 0.3) is 0 Å². The lowest BCUT2D eigenvalue weighted by molar-refractivity contribution is 0.409. The summed E-state index contributed by atoms with van der Waals surface area (Å²) < 4.78 is 3.13. The quantitative estimate of drug-likeness (QED) is 0.749. The molecule has 0 bridgehead atoms. The molecule has 16 heavy (non-hydrogen) atoms. The van der Waals surface area contributed by atoms with E-state index in [-0.39, 0.29) is 0 Å². The zero-order chi connectivity index (χ0) is 11.1. The first-order valence-electron chi connectivity index (χ1n) is 5.44. The molecule has 2 aromatic heterocycles. The molecule has 0 spiro atoms. The Morgan fingerprint density at radius 1 is 1.38 bits per heavy atom. The summed E-state index contributed by atoms with van der Waals surface area (Å²) in [7, 11) is 2.15. The summed E-state index contributed by atoms with van der Waals surface area (Å²) in [5.41, 5.74) is 0.916. The Kier molecular flexibility index (Phi) is 2.44. The standard InChI is InChI=1S/C11H13BrN4/c1-15-6-5-8(7-15)11-14-13-10-4-2-3-9(12)16(10)11/h2-4,8H,5-7H2,1H3. The van der Waals surface area contributed by atoms with Gasteiger partial charge in [-0.15, -0.1) is 10.2 Å². The van der Waals surface area contributed by atoms with Gasteiger partial charge in [-0.2, -0.15) is 0 Å². The third-order valence-corrected chi connectivity index (χ3v) is 3.78. The number of aromatic nitrogens is 3. The van der Waals surface area contributed by atoms with E-state index in [0.717, 1.165) is 29.2 Å². The van der Waals surface area contributed by atoms with Gasteiger partial charge in [0.1, 0.15) is 5.82 Å². The van der Waals surface area contributed by atoms with Crippen molar-refractivity contribution in [3.8, 4) is 0 Å². The van der Waals surface area contributed by atoms with E-state index in [2.05, 4.69) is 42.5 Å². The third kappa shape index (κ3) is 1.55. The fraction of sp³-hybridized carbons (Fsp3) is 0.455. The van der Waals surface area contributed by atoms with Crippen molar-refractivity contribution in [3.63, 3.8) is 0 Å². The number of likely N-dealkylation sites (N-methyl/N-ethyl adjacent to an activating group) is 1. The van der Waals surface area contributed by atoms with Crippen molar-refractivity contribution in [2.45, 2.75) is 12.3 Å². The number of rotatable bonds is 1. The summed E-state index contributed by atoms with van der Waals surface area (Å²) in [5, 5.41) is 8.54. The smallest absolute Gasteiger partial charge is 0.161 e. The first-order valence-corrected chi connectivity index (χ1v) is 6.23. The van der Waals surface area contributed by atoms with Gasteiger partial charge in [0.15, 0.2) is 5.65 Å². The minimum absolute atomic E-state index is 0.499. The van der Waals surface area contributed by atoms with E-state index in [9.17, 15) is 0 Å². The lowest BCUT2D eigenvalue weighted by atomic mass is 10.1. The molecule has 3 rings (SSSR count). The second-order valence-electron chi connectivity index (χ2n) is 4.35. The molecule has 0 N–H and O–H groups in total. The Morgan fingerprint density at radius 2 is 2.25 bits per heavy atom. The number of nitrogens with zero attached hydrogens (tertiary/aromatic N) is 4. The maximum absolute atomic E-state index is 4.33. The first kappa shape index (κ1) is 10.2. The second kappa shape index (κ2) is 3.82. The highest BCUT2D eigenvalue weighted by molar-refractivity contribution is 9.10. The van der Waals surface area contributed by atoms with Crippen LogP contribution in [0.25, 0.3) is 5.65 Å². The van der Waals surface area contributed by atoms with Gasteiger partial charge in [-0.3, -0.25) is 4.40 Å². The molecule has 84 valence electrons. The predicted molar refractivity (Wildman–Crippen MR) is 65.5 cm³/mol. The van der Waals surface area contributed by atoms with Crippen molar-refractivity contribution < 1.29 is 0 Å². The molecule has 1 atom stereocenters. The molecule has 0 amide bonds. The topological polar surface area (TPSA) is 33.4 Å². The highest BCUT2D eigenvalue weighted by Crippen LogP contribution is 2.27. The van der Waals surface area contributed by atoms with Gasteiger partial charge in [-0.05, 0) is 48.1 Å². The lowest BCUT2D eigenvalue weighted by Gasteiger charge is -2.09. The van der Waals surface area contributed by atoms with Crippen molar-refractivity contribution in [1.82, 2.24) is 19.5 Å². The van der Waals surface area contributed by atoms with E-state index in [1.165, 1.54) is 6.42 Å². The van der Waals surface area contributed by atoms with Gasteiger partial charge in [-0.25, -0.2) is 0 Å². The van der Waals surface area contributed by atoms with Crippen molar-refractivity contribution >= 4 is 21.6 Å². The van der Waals surface area contributed by atoms with E-state index >= 15 is 0 Å². The number of fused-ring (bicyclic) bond motifs is 1. The molecule has 1 aliphatic rings. The molecule has 0 radical (unpaired) electrons. The zero-order valence-corrected chi connectivity index (χ0v) is 10.7. The summed E-state index contributed by atoms with van der Waals surface area (Å²) in [6.45, 7) is 2.21. The van der Waals surface area contributed by atoms with Crippen LogP contribution in [0.1, 0.15) is 18.2 Å². The Hall–Kier alpha value is -0.940. The number of likely N-dealkylation sites (tertiary alicyclic amines) is 1. The van der Waals surface area contributed by atoms with E-state index in [0.29, 0.717) is 5.92 Å². The maximum atomic E-state index is 4.33. The van der Waals surface area contributed by atoms with Gasteiger partial charge in [0.2, 0.25) is 0 Å². The Balaban J connectivity index is 2.10. The van der Waals surface area contributed by atoms with Crippen LogP contribution in [-0.2, 0) is 0 Å². The van der Waals surface area contributed by atoms with Gasteiger partial charge >= 0.3 is 0 Å². The molecule has 0 aromatic carbocycles. The van der Waals surface area contributed by atoms with E-state index in [1.807, 2.05) is 18.2 Å². The van der Waals surface area contributed by atoms with Crippen molar-refractivity contribution in [2.75, 3.05) is 20.1 Å². The molecular formula is C11H13BrN4. The molecule has 4 nitrogen and oxygen atoms in total. The number of hydrogen-bond donors (Lipinski definition) is 0. The van der Waals surface area contributed by atoms with Crippen LogP contribution >= 0.6 is 15.9 Å². The lowest BCUT2D eigenvalue weighted by Crippen LogP contribution is -2.14. The molecule has 1 aliphatic heterocycles. The fourth-order valence-electron chi connectivity index (χ4n) is 2.33. The van der Waals surface area contributed by atoms with Gasteiger partial charge in [-0.1, -0.05) is 6.07 Å².